The molecule has 0 spiro atoms. The van der Waals surface area contributed by atoms with E-state index in [9.17, 15) is 9.18 Å². The Morgan fingerprint density at radius 2 is 1.86 bits per heavy atom. The highest BCUT2D eigenvalue weighted by Gasteiger charge is 2.30. The number of carbonyl (C=O) groups excluding carboxylic acids is 1. The van der Waals surface area contributed by atoms with Crippen LogP contribution in [-0.4, -0.2) is 5.78 Å². The highest BCUT2D eigenvalue weighted by molar-refractivity contribution is 6.31. The van der Waals surface area contributed by atoms with Crippen molar-refractivity contribution in [1.82, 2.24) is 0 Å². The third kappa shape index (κ3) is 3.76. The maximum atomic E-state index is 14.0. The zero-order valence-electron chi connectivity index (χ0n) is 16.0. The van der Waals surface area contributed by atoms with Crippen molar-refractivity contribution in [3.05, 3.63) is 99.0 Å². The third-order valence-electron chi connectivity index (χ3n) is 4.86. The fraction of sp³-hybridized carbons (Fsp3) is 0.125. The minimum Gasteiger partial charge on any atom is -0.489 e. The highest BCUT2D eigenvalue weighted by atomic mass is 35.5. The molecule has 3 nitrogen and oxygen atoms in total. The lowest BCUT2D eigenvalue weighted by molar-refractivity contribution is 0.101. The molecule has 0 saturated carbocycles. The first-order valence-electron chi connectivity index (χ1n) is 9.14. The smallest absolute Gasteiger partial charge is 0.232 e. The number of benzene rings is 3. The number of halogens is 2. The summed E-state index contributed by atoms with van der Waals surface area (Å²) in [7, 11) is 0. The molecule has 0 fully saturated rings. The minimum atomic E-state index is -0.426. The molecule has 1 aliphatic heterocycles. The van der Waals surface area contributed by atoms with E-state index in [1.54, 1.807) is 30.3 Å². The van der Waals surface area contributed by atoms with Gasteiger partial charge in [0.05, 0.1) is 10.6 Å². The van der Waals surface area contributed by atoms with Crippen LogP contribution in [0.25, 0.3) is 6.08 Å². The van der Waals surface area contributed by atoms with Crippen LogP contribution in [0.1, 0.15) is 32.6 Å². The fourth-order valence-corrected chi connectivity index (χ4v) is 3.49. The second kappa shape index (κ2) is 7.72. The van der Waals surface area contributed by atoms with Gasteiger partial charge in [0.1, 0.15) is 23.9 Å². The number of rotatable bonds is 4. The Labute approximate surface area is 173 Å². The molecule has 5 heteroatoms. The van der Waals surface area contributed by atoms with E-state index in [0.29, 0.717) is 22.1 Å². The summed E-state index contributed by atoms with van der Waals surface area (Å²) >= 11 is 6.05. The van der Waals surface area contributed by atoms with Gasteiger partial charge in [0, 0.05) is 11.6 Å². The van der Waals surface area contributed by atoms with E-state index < -0.39 is 5.82 Å². The molecule has 0 N–H and O–H groups in total. The number of ketones is 1. The molecule has 0 unspecified atom stereocenters. The Morgan fingerprint density at radius 3 is 2.62 bits per heavy atom. The summed E-state index contributed by atoms with van der Waals surface area (Å²) < 4.78 is 25.5. The fourth-order valence-electron chi connectivity index (χ4n) is 3.28. The molecule has 1 heterocycles. The number of allylic oxidation sites excluding steroid dienone is 1. The van der Waals surface area contributed by atoms with Crippen molar-refractivity contribution < 1.29 is 18.7 Å². The first-order chi connectivity index (χ1) is 13.9. The van der Waals surface area contributed by atoms with Gasteiger partial charge < -0.3 is 9.47 Å². The SMILES string of the molecule is Cc1ccccc1/C=C1\Oc2cc(OCc3c(F)cccc3Cl)cc(C)c2C1=O. The molecule has 29 heavy (non-hydrogen) atoms. The summed E-state index contributed by atoms with van der Waals surface area (Å²) in [6, 6.07) is 15.6. The molecular formula is C24H18ClFO3. The molecule has 0 bridgehead atoms. The summed E-state index contributed by atoms with van der Waals surface area (Å²) in [6.07, 6.45) is 1.75. The average molecular weight is 409 g/mol. The molecule has 4 rings (SSSR count). The largest absolute Gasteiger partial charge is 0.489 e. The Kier molecular flexibility index (Phi) is 5.12. The van der Waals surface area contributed by atoms with Gasteiger partial charge in [0.25, 0.3) is 0 Å². The second-order valence-corrected chi connectivity index (χ2v) is 7.31. The molecule has 0 atom stereocenters. The van der Waals surface area contributed by atoms with Crippen LogP contribution >= 0.6 is 11.6 Å². The molecule has 0 radical (unpaired) electrons. The van der Waals surface area contributed by atoms with Gasteiger partial charge in [-0.1, -0.05) is 41.9 Å². The number of Topliss-reactive ketones (excluding diaryl/α,β-unsaturated/α-hetero) is 1. The summed E-state index contributed by atoms with van der Waals surface area (Å²) in [4.78, 5) is 12.8. The lowest BCUT2D eigenvalue weighted by atomic mass is 10.0. The van der Waals surface area contributed by atoms with Crippen molar-refractivity contribution in [2.24, 2.45) is 0 Å². The predicted molar refractivity (Wildman–Crippen MR) is 111 cm³/mol. The molecule has 3 aromatic rings. The standard InChI is InChI=1S/C24H18ClFO3/c1-14-6-3-4-7-16(14)11-22-24(27)23-15(2)10-17(12-21(23)29-22)28-13-18-19(25)8-5-9-20(18)26/h3-12H,13H2,1-2H3/b22-11-. The average Bonchev–Trinajstić information content (AvgIpc) is 2.99. The van der Waals surface area contributed by atoms with Crippen LogP contribution in [0, 0.1) is 19.7 Å². The Morgan fingerprint density at radius 1 is 1.07 bits per heavy atom. The zero-order valence-corrected chi connectivity index (χ0v) is 16.7. The van der Waals surface area contributed by atoms with E-state index in [-0.39, 0.29) is 23.7 Å². The Hall–Kier alpha value is -3.11. The van der Waals surface area contributed by atoms with Gasteiger partial charge in [-0.2, -0.15) is 0 Å². The van der Waals surface area contributed by atoms with E-state index >= 15 is 0 Å². The van der Waals surface area contributed by atoms with Gasteiger partial charge in [-0.3, -0.25) is 4.79 Å². The maximum absolute atomic E-state index is 14.0. The van der Waals surface area contributed by atoms with E-state index in [0.717, 1.165) is 16.7 Å². The summed E-state index contributed by atoms with van der Waals surface area (Å²) in [6.45, 7) is 3.77. The van der Waals surface area contributed by atoms with Crippen LogP contribution in [0.5, 0.6) is 11.5 Å². The monoisotopic (exact) mass is 408 g/mol. The van der Waals surface area contributed by atoms with Crippen LogP contribution in [-0.2, 0) is 6.61 Å². The Balaban J connectivity index is 1.60. The van der Waals surface area contributed by atoms with Crippen LogP contribution in [0.2, 0.25) is 5.02 Å². The van der Waals surface area contributed by atoms with E-state index in [4.69, 9.17) is 21.1 Å². The molecule has 0 aliphatic carbocycles. The van der Waals surface area contributed by atoms with Gasteiger partial charge in [0.15, 0.2) is 5.76 Å². The Bertz CT molecular complexity index is 1130. The third-order valence-corrected chi connectivity index (χ3v) is 5.22. The van der Waals surface area contributed by atoms with Crippen molar-refractivity contribution in [3.63, 3.8) is 0 Å². The number of fused-ring (bicyclic) bond motifs is 1. The predicted octanol–water partition coefficient (Wildman–Crippen LogP) is 6.29. The normalized spacial score (nSPS) is 14.1. The molecule has 3 aromatic carbocycles. The molecule has 146 valence electrons. The maximum Gasteiger partial charge on any atom is 0.232 e. The number of carbonyl (C=O) groups is 1. The summed E-state index contributed by atoms with van der Waals surface area (Å²) in [5.74, 6) is 0.594. The van der Waals surface area contributed by atoms with E-state index in [1.807, 2.05) is 38.1 Å². The summed E-state index contributed by atoms with van der Waals surface area (Å²) in [5.41, 5.74) is 3.50. The number of hydrogen-bond acceptors (Lipinski definition) is 3. The molecule has 0 amide bonds. The topological polar surface area (TPSA) is 35.5 Å². The number of aryl methyl sites for hydroxylation is 2. The summed E-state index contributed by atoms with van der Waals surface area (Å²) in [5, 5.41) is 0.303. The first kappa shape index (κ1) is 19.2. The zero-order chi connectivity index (χ0) is 20.5. The van der Waals surface area contributed by atoms with Gasteiger partial charge in [-0.15, -0.1) is 0 Å². The van der Waals surface area contributed by atoms with Gasteiger partial charge in [-0.05, 0) is 54.8 Å². The second-order valence-electron chi connectivity index (χ2n) is 6.90. The molecule has 1 aliphatic rings. The van der Waals surface area contributed by atoms with Gasteiger partial charge in [0.2, 0.25) is 5.78 Å². The number of ether oxygens (including phenoxy) is 2. The van der Waals surface area contributed by atoms with Gasteiger partial charge in [-0.25, -0.2) is 4.39 Å². The van der Waals surface area contributed by atoms with Crippen LogP contribution in [0.4, 0.5) is 4.39 Å². The van der Waals surface area contributed by atoms with Crippen LogP contribution < -0.4 is 9.47 Å². The van der Waals surface area contributed by atoms with E-state index in [1.165, 1.54) is 6.07 Å². The van der Waals surface area contributed by atoms with Crippen molar-refractivity contribution in [2.75, 3.05) is 0 Å². The van der Waals surface area contributed by atoms with Crippen molar-refractivity contribution >= 4 is 23.5 Å². The van der Waals surface area contributed by atoms with Crippen LogP contribution in [0.3, 0.4) is 0 Å². The van der Waals surface area contributed by atoms with Gasteiger partial charge >= 0.3 is 0 Å². The molecule has 0 saturated heterocycles. The van der Waals surface area contributed by atoms with E-state index in [2.05, 4.69) is 0 Å². The quantitative estimate of drug-likeness (QED) is 0.476. The first-order valence-corrected chi connectivity index (χ1v) is 9.52. The molecule has 0 aromatic heterocycles. The van der Waals surface area contributed by atoms with Crippen molar-refractivity contribution in [3.8, 4) is 11.5 Å². The highest BCUT2D eigenvalue weighted by Crippen LogP contribution is 2.38. The van der Waals surface area contributed by atoms with Crippen molar-refractivity contribution in [2.45, 2.75) is 20.5 Å². The lowest BCUT2D eigenvalue weighted by Gasteiger charge is -2.11. The minimum absolute atomic E-state index is 0.0242. The van der Waals surface area contributed by atoms with Crippen molar-refractivity contribution in [1.29, 1.82) is 0 Å². The number of hydrogen-bond donors (Lipinski definition) is 0. The lowest BCUT2D eigenvalue weighted by Crippen LogP contribution is -2.01. The van der Waals surface area contributed by atoms with Crippen LogP contribution in [0.15, 0.2) is 60.4 Å². The molecular weight excluding hydrogens is 391 g/mol.